The number of nitrogens with two attached hydrogens (primary N) is 1. The predicted octanol–water partition coefficient (Wildman–Crippen LogP) is 3.39. The number of ether oxygens (including phenoxy) is 1. The van der Waals surface area contributed by atoms with Gasteiger partial charge < -0.3 is 20.2 Å². The summed E-state index contributed by atoms with van der Waals surface area (Å²) in [6.45, 7) is 8.97. The van der Waals surface area contributed by atoms with Crippen molar-refractivity contribution in [2.75, 3.05) is 26.2 Å². The van der Waals surface area contributed by atoms with Crippen LogP contribution in [-0.2, 0) is 14.3 Å². The van der Waals surface area contributed by atoms with E-state index in [1.165, 1.54) is 0 Å². The fourth-order valence-corrected chi connectivity index (χ4v) is 4.44. The van der Waals surface area contributed by atoms with Gasteiger partial charge in [-0.1, -0.05) is 56.2 Å². The number of hydrogen-bond acceptors (Lipinski definition) is 6. The summed E-state index contributed by atoms with van der Waals surface area (Å²) >= 11 is 0. The Bertz CT molecular complexity index is 1030. The monoisotopic (exact) mass is 467 g/mol. The third-order valence-corrected chi connectivity index (χ3v) is 6.26. The summed E-state index contributed by atoms with van der Waals surface area (Å²) in [4.78, 5) is 42.1. The molecule has 1 aliphatic heterocycles. The number of aldehydes is 1. The molecule has 7 heteroatoms. The number of unbranched alkanes of at least 4 members (excludes halogenated alkanes) is 1. The summed E-state index contributed by atoms with van der Waals surface area (Å²) < 4.78 is 5.42. The molecule has 0 aliphatic carbocycles. The van der Waals surface area contributed by atoms with Gasteiger partial charge in [0.15, 0.2) is 11.8 Å². The summed E-state index contributed by atoms with van der Waals surface area (Å²) in [6, 6.07) is 13.7. The smallest absolute Gasteiger partial charge is 0.335 e. The van der Waals surface area contributed by atoms with Gasteiger partial charge in [-0.3, -0.25) is 9.69 Å². The largest absolute Gasteiger partial charge is 0.458 e. The van der Waals surface area contributed by atoms with Crippen LogP contribution >= 0.6 is 0 Å². The maximum Gasteiger partial charge on any atom is 0.335 e. The van der Waals surface area contributed by atoms with Gasteiger partial charge in [0.2, 0.25) is 0 Å². The van der Waals surface area contributed by atoms with E-state index in [-0.39, 0.29) is 18.5 Å². The first-order valence-electron chi connectivity index (χ1n) is 12.1. The van der Waals surface area contributed by atoms with Crippen molar-refractivity contribution in [2.24, 2.45) is 5.73 Å². The predicted molar refractivity (Wildman–Crippen MR) is 134 cm³/mol. The lowest BCUT2D eigenvalue weighted by Gasteiger charge is -2.44. The van der Waals surface area contributed by atoms with Crippen molar-refractivity contribution in [3.63, 3.8) is 0 Å². The van der Waals surface area contributed by atoms with E-state index in [4.69, 9.17) is 10.5 Å². The van der Waals surface area contributed by atoms with Gasteiger partial charge in [0.05, 0.1) is 0 Å². The normalized spacial score (nSPS) is 19.0. The number of nitrogens with zero attached hydrogens (tertiary/aromatic N) is 2. The van der Waals surface area contributed by atoms with Crippen molar-refractivity contribution in [3.8, 4) is 0 Å². The SMILES string of the molecule is CCCC[C@H]1CN(C(=O)c2cccc3ccccc23)CCN1C[C@@](N)(C=O)C(=O)OC(C)(C)C. The Morgan fingerprint density at radius 1 is 1.12 bits per heavy atom. The second-order valence-electron chi connectivity index (χ2n) is 10.2. The Morgan fingerprint density at radius 2 is 1.82 bits per heavy atom. The third-order valence-electron chi connectivity index (χ3n) is 6.26. The molecule has 0 radical (unpaired) electrons. The van der Waals surface area contributed by atoms with E-state index in [1.54, 1.807) is 20.8 Å². The lowest BCUT2D eigenvalue weighted by atomic mass is 9.97. The van der Waals surface area contributed by atoms with Crippen LogP contribution in [0.4, 0.5) is 0 Å². The van der Waals surface area contributed by atoms with Gasteiger partial charge in [0.1, 0.15) is 5.60 Å². The van der Waals surface area contributed by atoms with E-state index in [9.17, 15) is 14.4 Å². The minimum atomic E-state index is -1.75. The quantitative estimate of drug-likeness (QED) is 0.363. The molecule has 1 saturated heterocycles. The fraction of sp³-hybridized carbons (Fsp3) is 0.519. The zero-order valence-electron chi connectivity index (χ0n) is 20.8. The van der Waals surface area contributed by atoms with Crippen molar-refractivity contribution in [3.05, 3.63) is 48.0 Å². The van der Waals surface area contributed by atoms with Crippen LogP contribution in [0.15, 0.2) is 42.5 Å². The van der Waals surface area contributed by atoms with Gasteiger partial charge in [-0.25, -0.2) is 4.79 Å². The highest BCUT2D eigenvalue weighted by Gasteiger charge is 2.42. The first-order valence-corrected chi connectivity index (χ1v) is 12.1. The van der Waals surface area contributed by atoms with Crippen molar-refractivity contribution in [1.29, 1.82) is 0 Å². The van der Waals surface area contributed by atoms with Gasteiger partial charge in [0, 0.05) is 37.8 Å². The van der Waals surface area contributed by atoms with Crippen LogP contribution < -0.4 is 5.73 Å². The molecule has 184 valence electrons. The molecule has 0 bridgehead atoms. The lowest BCUT2D eigenvalue weighted by molar-refractivity contribution is -0.163. The molecular weight excluding hydrogens is 430 g/mol. The minimum absolute atomic E-state index is 0.000472. The number of amides is 1. The Hall–Kier alpha value is -2.77. The average molecular weight is 468 g/mol. The van der Waals surface area contributed by atoms with Crippen LogP contribution in [0, 0.1) is 0 Å². The van der Waals surface area contributed by atoms with E-state index < -0.39 is 17.1 Å². The van der Waals surface area contributed by atoms with E-state index >= 15 is 0 Å². The van der Waals surface area contributed by atoms with Gasteiger partial charge in [-0.15, -0.1) is 0 Å². The third kappa shape index (κ3) is 6.02. The molecule has 3 rings (SSSR count). The number of carbonyl (C=O) groups excluding carboxylic acids is 3. The lowest BCUT2D eigenvalue weighted by Crippen LogP contribution is -2.64. The molecule has 0 aromatic heterocycles. The number of hydrogen-bond donors (Lipinski definition) is 1. The topological polar surface area (TPSA) is 92.9 Å². The van der Waals surface area contributed by atoms with Crippen LogP contribution in [0.5, 0.6) is 0 Å². The number of fused-ring (bicyclic) bond motifs is 1. The second kappa shape index (κ2) is 10.7. The van der Waals surface area contributed by atoms with Gasteiger partial charge in [-0.05, 0) is 44.0 Å². The highest BCUT2D eigenvalue weighted by atomic mass is 16.6. The molecule has 2 aromatic carbocycles. The van der Waals surface area contributed by atoms with Crippen LogP contribution in [-0.4, -0.2) is 71.3 Å². The van der Waals surface area contributed by atoms with Crippen molar-refractivity contribution in [2.45, 2.75) is 64.1 Å². The zero-order chi connectivity index (χ0) is 24.9. The molecule has 0 saturated carbocycles. The van der Waals surface area contributed by atoms with Gasteiger partial charge in [-0.2, -0.15) is 0 Å². The molecule has 1 amide bonds. The first-order chi connectivity index (χ1) is 16.1. The van der Waals surface area contributed by atoms with Crippen LogP contribution in [0.2, 0.25) is 0 Å². The molecule has 2 N–H and O–H groups in total. The molecule has 0 unspecified atom stereocenters. The molecule has 34 heavy (non-hydrogen) atoms. The second-order valence-corrected chi connectivity index (χ2v) is 10.2. The Kier molecular flexibility index (Phi) is 8.10. The van der Waals surface area contributed by atoms with Crippen molar-refractivity contribution in [1.82, 2.24) is 9.80 Å². The van der Waals surface area contributed by atoms with Crippen LogP contribution in [0.25, 0.3) is 10.8 Å². The van der Waals surface area contributed by atoms with Crippen molar-refractivity contribution >= 4 is 28.9 Å². The summed E-state index contributed by atoms with van der Waals surface area (Å²) in [5, 5.41) is 1.97. The summed E-state index contributed by atoms with van der Waals surface area (Å²) in [5.41, 5.74) is 4.45. The molecule has 2 atom stereocenters. The summed E-state index contributed by atoms with van der Waals surface area (Å²) in [6.07, 6.45) is 3.32. The summed E-state index contributed by atoms with van der Waals surface area (Å²) in [7, 11) is 0. The first kappa shape index (κ1) is 25.8. The van der Waals surface area contributed by atoms with E-state index in [0.717, 1.165) is 30.0 Å². The molecule has 1 fully saturated rings. The number of esters is 1. The average Bonchev–Trinajstić information content (AvgIpc) is 2.81. The highest BCUT2D eigenvalue weighted by Crippen LogP contribution is 2.24. The number of benzene rings is 2. The van der Waals surface area contributed by atoms with Crippen LogP contribution in [0.3, 0.4) is 0 Å². The Labute approximate surface area is 202 Å². The van der Waals surface area contributed by atoms with E-state index in [1.807, 2.05) is 47.4 Å². The maximum atomic E-state index is 13.5. The highest BCUT2D eigenvalue weighted by molar-refractivity contribution is 6.07. The molecular formula is C27H37N3O4. The molecule has 0 spiro atoms. The minimum Gasteiger partial charge on any atom is -0.458 e. The Morgan fingerprint density at radius 3 is 2.50 bits per heavy atom. The van der Waals surface area contributed by atoms with Crippen molar-refractivity contribution < 1.29 is 19.1 Å². The standard InChI is InChI=1S/C27H37N3O4/c1-5-6-12-21-17-29(24(32)23-14-9-11-20-10-7-8-13-22(20)23)15-16-30(21)18-27(28,19-31)25(33)34-26(2,3)4/h7-11,13-14,19,21H,5-6,12,15-18,28H2,1-4H3/t21-,27+/m0/s1. The summed E-state index contributed by atoms with van der Waals surface area (Å²) in [5.74, 6) is -0.724. The fourth-order valence-electron chi connectivity index (χ4n) is 4.44. The number of piperazine rings is 1. The molecule has 1 heterocycles. The zero-order valence-corrected chi connectivity index (χ0v) is 20.8. The van der Waals surface area contributed by atoms with Crippen LogP contribution in [0.1, 0.15) is 57.3 Å². The number of rotatable bonds is 8. The molecule has 2 aromatic rings. The van der Waals surface area contributed by atoms with Gasteiger partial charge in [0.25, 0.3) is 5.91 Å². The maximum absolute atomic E-state index is 13.5. The number of carbonyl (C=O) groups is 3. The molecule has 1 aliphatic rings. The molecule has 7 nitrogen and oxygen atoms in total. The van der Waals surface area contributed by atoms with E-state index in [2.05, 4.69) is 11.8 Å². The Balaban J connectivity index is 1.79. The van der Waals surface area contributed by atoms with E-state index in [0.29, 0.717) is 31.5 Å². The van der Waals surface area contributed by atoms with Gasteiger partial charge >= 0.3 is 5.97 Å².